The summed E-state index contributed by atoms with van der Waals surface area (Å²) in [6.45, 7) is 3.92. The van der Waals surface area contributed by atoms with E-state index in [1.807, 2.05) is 19.9 Å². The Morgan fingerprint density at radius 2 is 2.25 bits per heavy atom. The maximum absolute atomic E-state index is 5.72. The fraction of sp³-hybridized carbons (Fsp3) is 0.462. The van der Waals surface area contributed by atoms with Crippen LogP contribution in [0.3, 0.4) is 0 Å². The van der Waals surface area contributed by atoms with E-state index >= 15 is 0 Å². The van der Waals surface area contributed by atoms with Crippen molar-refractivity contribution in [1.29, 1.82) is 0 Å². The SMILES string of the molecule is Cc1nc2ccc(CCCC(C)N)cc2o1. The van der Waals surface area contributed by atoms with Crippen LogP contribution in [0, 0.1) is 6.92 Å². The molecule has 0 saturated heterocycles. The van der Waals surface area contributed by atoms with Crippen LogP contribution < -0.4 is 5.73 Å². The molecule has 2 rings (SSSR count). The number of hydrogen-bond acceptors (Lipinski definition) is 3. The van der Waals surface area contributed by atoms with Gasteiger partial charge in [-0.15, -0.1) is 0 Å². The van der Waals surface area contributed by atoms with Crippen molar-refractivity contribution in [2.75, 3.05) is 0 Å². The van der Waals surface area contributed by atoms with E-state index in [4.69, 9.17) is 10.2 Å². The van der Waals surface area contributed by atoms with Crippen LogP contribution in [-0.2, 0) is 6.42 Å². The van der Waals surface area contributed by atoms with Gasteiger partial charge in [-0.05, 0) is 43.9 Å². The number of aryl methyl sites for hydroxylation is 2. The fourth-order valence-electron chi connectivity index (χ4n) is 1.87. The van der Waals surface area contributed by atoms with Gasteiger partial charge in [-0.3, -0.25) is 0 Å². The number of aromatic nitrogens is 1. The van der Waals surface area contributed by atoms with Crippen LogP contribution in [0.25, 0.3) is 11.1 Å². The van der Waals surface area contributed by atoms with Crippen molar-refractivity contribution in [3.05, 3.63) is 29.7 Å². The summed E-state index contributed by atoms with van der Waals surface area (Å²) in [6.07, 6.45) is 3.24. The van der Waals surface area contributed by atoms with E-state index in [1.54, 1.807) is 0 Å². The minimum atomic E-state index is 0.288. The smallest absolute Gasteiger partial charge is 0.192 e. The average molecular weight is 218 g/mol. The molecule has 16 heavy (non-hydrogen) atoms. The molecule has 0 aliphatic carbocycles. The quantitative estimate of drug-likeness (QED) is 0.858. The Kier molecular flexibility index (Phi) is 3.25. The van der Waals surface area contributed by atoms with Crippen LogP contribution in [0.1, 0.15) is 31.2 Å². The number of fused-ring (bicyclic) bond motifs is 1. The molecule has 2 N–H and O–H groups in total. The topological polar surface area (TPSA) is 52.0 Å². The molecule has 0 fully saturated rings. The highest BCUT2D eigenvalue weighted by Crippen LogP contribution is 2.18. The van der Waals surface area contributed by atoms with Gasteiger partial charge in [-0.25, -0.2) is 4.98 Å². The minimum absolute atomic E-state index is 0.288. The first-order valence-corrected chi connectivity index (χ1v) is 5.77. The third kappa shape index (κ3) is 2.61. The fourth-order valence-corrected chi connectivity index (χ4v) is 1.87. The van der Waals surface area contributed by atoms with Gasteiger partial charge in [0.05, 0.1) is 0 Å². The Hall–Kier alpha value is -1.35. The minimum Gasteiger partial charge on any atom is -0.441 e. The van der Waals surface area contributed by atoms with E-state index in [0.717, 1.165) is 36.3 Å². The molecule has 3 heteroatoms. The third-order valence-electron chi connectivity index (χ3n) is 2.68. The summed E-state index contributed by atoms with van der Waals surface area (Å²) >= 11 is 0. The van der Waals surface area contributed by atoms with Crippen molar-refractivity contribution in [1.82, 2.24) is 4.98 Å². The molecule has 0 saturated carbocycles. The molecule has 0 aliphatic heterocycles. The van der Waals surface area contributed by atoms with Crippen LogP contribution in [0.15, 0.2) is 22.6 Å². The molecule has 3 nitrogen and oxygen atoms in total. The molecular formula is C13H18N2O. The van der Waals surface area contributed by atoms with Gasteiger partial charge in [0.1, 0.15) is 5.52 Å². The highest BCUT2D eigenvalue weighted by molar-refractivity contribution is 5.73. The predicted molar refractivity (Wildman–Crippen MR) is 65.3 cm³/mol. The number of nitrogens with two attached hydrogens (primary N) is 1. The van der Waals surface area contributed by atoms with Gasteiger partial charge in [0.25, 0.3) is 0 Å². The van der Waals surface area contributed by atoms with E-state index in [9.17, 15) is 0 Å². The van der Waals surface area contributed by atoms with Crippen LogP contribution in [0.4, 0.5) is 0 Å². The van der Waals surface area contributed by atoms with E-state index < -0.39 is 0 Å². The van der Waals surface area contributed by atoms with Gasteiger partial charge >= 0.3 is 0 Å². The second-order valence-corrected chi connectivity index (χ2v) is 4.40. The summed E-state index contributed by atoms with van der Waals surface area (Å²) in [6, 6.07) is 6.51. The molecule has 0 spiro atoms. The summed E-state index contributed by atoms with van der Waals surface area (Å²) < 4.78 is 5.50. The summed E-state index contributed by atoms with van der Waals surface area (Å²) in [4.78, 5) is 4.28. The maximum Gasteiger partial charge on any atom is 0.192 e. The van der Waals surface area contributed by atoms with Gasteiger partial charge in [0, 0.05) is 13.0 Å². The predicted octanol–water partition coefficient (Wildman–Crippen LogP) is 2.81. The number of nitrogens with zero attached hydrogens (tertiary/aromatic N) is 1. The largest absolute Gasteiger partial charge is 0.441 e. The molecule has 1 unspecified atom stereocenters. The molecule has 1 aromatic carbocycles. The standard InChI is InChI=1S/C13H18N2O/c1-9(14)4-3-5-11-6-7-12-13(8-11)16-10(2)15-12/h6-9H,3-5,14H2,1-2H3. The van der Waals surface area contributed by atoms with Gasteiger partial charge < -0.3 is 10.2 Å². The van der Waals surface area contributed by atoms with Crippen molar-refractivity contribution in [3.63, 3.8) is 0 Å². The van der Waals surface area contributed by atoms with E-state index in [2.05, 4.69) is 17.1 Å². The molecule has 0 bridgehead atoms. The molecular weight excluding hydrogens is 200 g/mol. The van der Waals surface area contributed by atoms with Crippen molar-refractivity contribution < 1.29 is 4.42 Å². The van der Waals surface area contributed by atoms with Gasteiger partial charge in [-0.1, -0.05) is 6.07 Å². The first-order valence-electron chi connectivity index (χ1n) is 5.77. The Bertz CT molecular complexity index is 474. The zero-order chi connectivity index (χ0) is 11.5. The Balaban J connectivity index is 2.07. The molecule has 1 heterocycles. The molecule has 0 aliphatic rings. The lowest BCUT2D eigenvalue weighted by Crippen LogP contribution is -2.14. The summed E-state index contributed by atoms with van der Waals surface area (Å²) in [5, 5.41) is 0. The summed E-state index contributed by atoms with van der Waals surface area (Å²) in [5.74, 6) is 0.725. The summed E-state index contributed by atoms with van der Waals surface area (Å²) in [7, 11) is 0. The molecule has 1 aromatic heterocycles. The van der Waals surface area contributed by atoms with Crippen molar-refractivity contribution in [2.45, 2.75) is 39.2 Å². The Labute approximate surface area is 95.7 Å². The lowest BCUT2D eigenvalue weighted by Gasteiger charge is -2.04. The van der Waals surface area contributed by atoms with Gasteiger partial charge in [0.2, 0.25) is 0 Å². The molecule has 2 aromatic rings. The zero-order valence-corrected chi connectivity index (χ0v) is 9.86. The molecule has 86 valence electrons. The van der Waals surface area contributed by atoms with Crippen LogP contribution in [0.5, 0.6) is 0 Å². The molecule has 1 atom stereocenters. The van der Waals surface area contributed by atoms with Crippen LogP contribution in [-0.4, -0.2) is 11.0 Å². The molecule has 0 amide bonds. The highest BCUT2D eigenvalue weighted by atomic mass is 16.3. The molecule has 0 radical (unpaired) electrons. The van der Waals surface area contributed by atoms with Crippen molar-refractivity contribution in [3.8, 4) is 0 Å². The third-order valence-corrected chi connectivity index (χ3v) is 2.68. The first-order chi connectivity index (χ1) is 7.65. The average Bonchev–Trinajstić information content (AvgIpc) is 2.56. The maximum atomic E-state index is 5.72. The lowest BCUT2D eigenvalue weighted by molar-refractivity contribution is 0.560. The van der Waals surface area contributed by atoms with E-state index in [-0.39, 0.29) is 6.04 Å². The van der Waals surface area contributed by atoms with E-state index in [1.165, 1.54) is 5.56 Å². The van der Waals surface area contributed by atoms with E-state index in [0.29, 0.717) is 0 Å². The number of oxazole rings is 1. The Morgan fingerprint density at radius 1 is 1.44 bits per heavy atom. The zero-order valence-electron chi connectivity index (χ0n) is 9.86. The highest BCUT2D eigenvalue weighted by Gasteiger charge is 2.03. The normalized spacial score (nSPS) is 13.2. The lowest BCUT2D eigenvalue weighted by atomic mass is 10.1. The first kappa shape index (κ1) is 11.1. The summed E-state index contributed by atoms with van der Waals surface area (Å²) in [5.41, 5.74) is 8.84. The van der Waals surface area contributed by atoms with Crippen molar-refractivity contribution in [2.24, 2.45) is 5.73 Å². The monoisotopic (exact) mass is 218 g/mol. The second kappa shape index (κ2) is 4.66. The van der Waals surface area contributed by atoms with Crippen LogP contribution in [0.2, 0.25) is 0 Å². The number of benzene rings is 1. The second-order valence-electron chi connectivity index (χ2n) is 4.40. The number of rotatable bonds is 4. The van der Waals surface area contributed by atoms with Gasteiger partial charge in [0.15, 0.2) is 11.5 Å². The van der Waals surface area contributed by atoms with Gasteiger partial charge in [-0.2, -0.15) is 0 Å². The van der Waals surface area contributed by atoms with Crippen LogP contribution >= 0.6 is 0 Å². The Morgan fingerprint density at radius 3 is 3.00 bits per heavy atom. The van der Waals surface area contributed by atoms with Crippen molar-refractivity contribution >= 4 is 11.1 Å². The number of hydrogen-bond donors (Lipinski definition) is 1.